The molecule has 0 unspecified atom stereocenters. The Morgan fingerprint density at radius 3 is 1.33 bits per heavy atom. The average Bonchev–Trinajstić information content (AvgIpc) is 3.01. The predicted octanol–water partition coefficient (Wildman–Crippen LogP) is 5.04. The summed E-state index contributed by atoms with van der Waals surface area (Å²) in [6.07, 6.45) is 19.0. The number of aromatic nitrogens is 2. The highest BCUT2D eigenvalue weighted by Gasteiger charge is 2.19. The quantitative estimate of drug-likeness (QED) is 0.149. The van der Waals surface area contributed by atoms with Crippen LogP contribution in [-0.2, 0) is 22.7 Å². The molecule has 8 heteroatoms. The molecule has 2 aromatic heterocycles. The SMILES string of the molecule is CCN(CCCCCCNC1=CC(=O)C(NCCCCCCN(CC)Cc2ccncc2)=CC1=O)Cc1ccncc1. The Hall–Kier alpha value is -3.36. The van der Waals surface area contributed by atoms with Gasteiger partial charge in [-0.1, -0.05) is 39.5 Å². The predicted molar refractivity (Wildman–Crippen MR) is 169 cm³/mol. The number of unbranched alkanes of at least 4 members (excludes halogenated alkanes) is 6. The summed E-state index contributed by atoms with van der Waals surface area (Å²) in [5.41, 5.74) is 3.41. The fraction of sp³-hybridized carbons (Fsp3) is 0.529. The monoisotopic (exact) mass is 574 g/mol. The van der Waals surface area contributed by atoms with Crippen LogP contribution in [0.2, 0.25) is 0 Å². The fourth-order valence-corrected chi connectivity index (χ4v) is 5.10. The van der Waals surface area contributed by atoms with Crippen LogP contribution in [0.25, 0.3) is 0 Å². The second kappa shape index (κ2) is 19.7. The number of hydrogen-bond donors (Lipinski definition) is 2. The third-order valence-electron chi connectivity index (χ3n) is 7.72. The first kappa shape index (κ1) is 33.1. The molecule has 42 heavy (non-hydrogen) atoms. The van der Waals surface area contributed by atoms with Gasteiger partial charge in [-0.2, -0.15) is 0 Å². The topological polar surface area (TPSA) is 90.5 Å². The molecule has 0 amide bonds. The maximum absolute atomic E-state index is 12.6. The summed E-state index contributed by atoms with van der Waals surface area (Å²) in [4.78, 5) is 38.2. The van der Waals surface area contributed by atoms with E-state index in [0.29, 0.717) is 24.5 Å². The molecule has 2 aromatic rings. The van der Waals surface area contributed by atoms with Gasteiger partial charge in [-0.25, -0.2) is 0 Å². The van der Waals surface area contributed by atoms with Crippen LogP contribution in [0.1, 0.15) is 76.3 Å². The Morgan fingerprint density at radius 1 is 0.571 bits per heavy atom. The minimum absolute atomic E-state index is 0.124. The second-order valence-corrected chi connectivity index (χ2v) is 11.0. The zero-order valence-corrected chi connectivity index (χ0v) is 25.7. The molecule has 1 aliphatic rings. The highest BCUT2D eigenvalue weighted by Crippen LogP contribution is 2.11. The van der Waals surface area contributed by atoms with Crippen molar-refractivity contribution >= 4 is 11.6 Å². The molecule has 1 aliphatic carbocycles. The number of carbonyl (C=O) groups excluding carboxylic acids is 2. The van der Waals surface area contributed by atoms with Gasteiger partial charge in [0, 0.05) is 63.1 Å². The lowest BCUT2D eigenvalue weighted by Gasteiger charge is -2.20. The molecule has 0 radical (unpaired) electrons. The van der Waals surface area contributed by atoms with Crippen LogP contribution in [0, 0.1) is 0 Å². The van der Waals surface area contributed by atoms with Gasteiger partial charge >= 0.3 is 0 Å². The normalized spacial score (nSPS) is 13.4. The first-order chi connectivity index (χ1) is 20.6. The summed E-state index contributed by atoms with van der Waals surface area (Å²) in [5.74, 6) is -0.249. The Bertz CT molecular complexity index is 1030. The number of hydrogen-bond acceptors (Lipinski definition) is 8. The van der Waals surface area contributed by atoms with Crippen molar-refractivity contribution in [1.82, 2.24) is 30.4 Å². The van der Waals surface area contributed by atoms with E-state index in [0.717, 1.165) is 90.6 Å². The molecule has 0 bridgehead atoms. The van der Waals surface area contributed by atoms with E-state index in [4.69, 9.17) is 0 Å². The number of pyridine rings is 2. The second-order valence-electron chi connectivity index (χ2n) is 11.0. The van der Waals surface area contributed by atoms with Crippen molar-refractivity contribution in [2.75, 3.05) is 39.3 Å². The summed E-state index contributed by atoms with van der Waals surface area (Å²) in [6, 6.07) is 8.29. The van der Waals surface area contributed by atoms with Gasteiger partial charge in [-0.3, -0.25) is 29.4 Å². The third kappa shape index (κ3) is 12.7. The largest absolute Gasteiger partial charge is 0.382 e. The highest BCUT2D eigenvalue weighted by atomic mass is 16.1. The molecule has 0 saturated carbocycles. The van der Waals surface area contributed by atoms with E-state index in [-0.39, 0.29) is 11.6 Å². The Kier molecular flexibility index (Phi) is 15.6. The summed E-state index contributed by atoms with van der Waals surface area (Å²) in [7, 11) is 0. The van der Waals surface area contributed by atoms with Crippen LogP contribution in [0.15, 0.2) is 72.6 Å². The minimum atomic E-state index is -0.124. The molecule has 2 heterocycles. The first-order valence-corrected chi connectivity index (χ1v) is 15.8. The van der Waals surface area contributed by atoms with Gasteiger partial charge in [-0.05, 0) is 87.3 Å². The standard InChI is InChI=1S/C34H50N6O2/c1-3-39(27-29-13-19-35-20-14-29)23-11-7-5-9-17-37-31-25-34(42)32(26-33(31)41)38-18-10-6-8-12-24-40(4-2)28-30-15-21-36-22-16-30/h13-16,19-22,25-26,37-38H,3-12,17-18,23-24,27-28H2,1-2H3. The molecule has 0 fully saturated rings. The van der Waals surface area contributed by atoms with Crippen LogP contribution in [0.4, 0.5) is 0 Å². The molecule has 8 nitrogen and oxygen atoms in total. The fourth-order valence-electron chi connectivity index (χ4n) is 5.10. The Morgan fingerprint density at radius 2 is 0.952 bits per heavy atom. The van der Waals surface area contributed by atoms with Crippen molar-refractivity contribution < 1.29 is 9.59 Å². The van der Waals surface area contributed by atoms with Gasteiger partial charge in [0.25, 0.3) is 0 Å². The maximum atomic E-state index is 12.6. The van der Waals surface area contributed by atoms with Gasteiger partial charge in [0.05, 0.1) is 11.4 Å². The molecular formula is C34H50N6O2. The van der Waals surface area contributed by atoms with Crippen molar-refractivity contribution in [3.63, 3.8) is 0 Å². The van der Waals surface area contributed by atoms with Crippen molar-refractivity contribution in [2.24, 2.45) is 0 Å². The molecule has 0 spiro atoms. The Labute approximate surface area is 252 Å². The van der Waals surface area contributed by atoms with Gasteiger partial charge in [0.15, 0.2) is 0 Å². The van der Waals surface area contributed by atoms with E-state index >= 15 is 0 Å². The zero-order valence-electron chi connectivity index (χ0n) is 25.7. The van der Waals surface area contributed by atoms with E-state index in [1.807, 2.05) is 24.8 Å². The van der Waals surface area contributed by atoms with Crippen molar-refractivity contribution in [3.05, 3.63) is 83.7 Å². The van der Waals surface area contributed by atoms with Gasteiger partial charge in [0.2, 0.25) is 11.6 Å². The lowest BCUT2D eigenvalue weighted by Crippen LogP contribution is -2.30. The summed E-state index contributed by atoms with van der Waals surface area (Å²) < 4.78 is 0. The first-order valence-electron chi connectivity index (χ1n) is 15.8. The highest BCUT2D eigenvalue weighted by molar-refractivity contribution is 6.19. The van der Waals surface area contributed by atoms with Crippen LogP contribution in [0.5, 0.6) is 0 Å². The van der Waals surface area contributed by atoms with Gasteiger partial charge in [0.1, 0.15) is 0 Å². The number of ketones is 2. The molecule has 3 rings (SSSR count). The maximum Gasteiger partial charge on any atom is 0.203 e. The summed E-state index contributed by atoms with van der Waals surface area (Å²) in [5, 5.41) is 6.36. The lowest BCUT2D eigenvalue weighted by molar-refractivity contribution is -0.115. The average molecular weight is 575 g/mol. The van der Waals surface area contributed by atoms with Crippen LogP contribution >= 0.6 is 0 Å². The summed E-state index contributed by atoms with van der Waals surface area (Å²) in [6.45, 7) is 11.9. The zero-order chi connectivity index (χ0) is 29.8. The van der Waals surface area contributed by atoms with Gasteiger partial charge in [-0.15, -0.1) is 0 Å². The third-order valence-corrected chi connectivity index (χ3v) is 7.72. The number of allylic oxidation sites excluding steroid dienone is 2. The molecule has 0 saturated heterocycles. The van der Waals surface area contributed by atoms with Crippen molar-refractivity contribution in [2.45, 2.75) is 78.3 Å². The van der Waals surface area contributed by atoms with E-state index < -0.39 is 0 Å². The smallest absolute Gasteiger partial charge is 0.203 e. The lowest BCUT2D eigenvalue weighted by atomic mass is 10.1. The molecule has 2 N–H and O–H groups in total. The van der Waals surface area contributed by atoms with Crippen LogP contribution in [-0.4, -0.2) is 70.6 Å². The minimum Gasteiger partial charge on any atom is -0.382 e. The van der Waals surface area contributed by atoms with Gasteiger partial charge < -0.3 is 10.6 Å². The van der Waals surface area contributed by atoms with E-state index in [2.05, 4.69) is 68.5 Å². The van der Waals surface area contributed by atoms with E-state index in [1.165, 1.54) is 23.3 Å². The van der Waals surface area contributed by atoms with Crippen molar-refractivity contribution in [3.8, 4) is 0 Å². The van der Waals surface area contributed by atoms with Crippen LogP contribution in [0.3, 0.4) is 0 Å². The number of carbonyl (C=O) groups is 2. The Balaban J connectivity index is 1.21. The number of nitrogens with one attached hydrogen (secondary N) is 2. The van der Waals surface area contributed by atoms with E-state index in [1.54, 1.807) is 0 Å². The molecule has 0 aliphatic heterocycles. The molecule has 228 valence electrons. The molecular weight excluding hydrogens is 524 g/mol. The molecule has 0 atom stereocenters. The van der Waals surface area contributed by atoms with E-state index in [9.17, 15) is 9.59 Å². The molecule has 0 aromatic carbocycles. The van der Waals surface area contributed by atoms with Crippen molar-refractivity contribution in [1.29, 1.82) is 0 Å². The van der Waals surface area contributed by atoms with Crippen LogP contribution < -0.4 is 10.6 Å². The summed E-state index contributed by atoms with van der Waals surface area (Å²) >= 11 is 0. The number of nitrogens with zero attached hydrogens (tertiary/aromatic N) is 4. The number of rotatable bonds is 22.